The maximum Gasteiger partial charge on any atom is 0.160 e. The summed E-state index contributed by atoms with van der Waals surface area (Å²) in [5.74, 6) is 1.32. The van der Waals surface area contributed by atoms with Crippen molar-refractivity contribution in [1.29, 1.82) is 0 Å². The van der Waals surface area contributed by atoms with Crippen LogP contribution < -0.4 is 0 Å². The smallest absolute Gasteiger partial charge is 0.160 e. The number of aromatic nitrogens is 5. The molecule has 63 heavy (non-hydrogen) atoms. The van der Waals surface area contributed by atoms with Crippen molar-refractivity contribution in [3.05, 3.63) is 223 Å². The minimum Gasteiger partial charge on any atom is -0.309 e. The van der Waals surface area contributed by atoms with E-state index in [0.29, 0.717) is 11.6 Å². The highest BCUT2D eigenvalue weighted by atomic mass is 15.0. The number of fused-ring (bicyclic) bond motifs is 3. The fraction of sp³-hybridized carbons (Fsp3) is 0.0345. The molecule has 11 aromatic rings. The number of aryl methyl sites for hydroxylation is 2. The Labute approximate surface area is 366 Å². The molecule has 5 heteroatoms. The van der Waals surface area contributed by atoms with E-state index in [9.17, 15) is 0 Å². The first-order valence-electron chi connectivity index (χ1n) is 21.3. The van der Waals surface area contributed by atoms with E-state index in [1.165, 1.54) is 33.0 Å². The number of para-hydroxylation sites is 1. The van der Waals surface area contributed by atoms with Gasteiger partial charge in [0, 0.05) is 44.2 Å². The van der Waals surface area contributed by atoms with Gasteiger partial charge in [-0.15, -0.1) is 0 Å². The predicted molar refractivity (Wildman–Crippen MR) is 259 cm³/mol. The van der Waals surface area contributed by atoms with E-state index < -0.39 is 0 Å². The first kappa shape index (κ1) is 37.7. The monoisotopic (exact) mass is 807 g/mol. The summed E-state index contributed by atoms with van der Waals surface area (Å²) in [4.78, 5) is 20.9. The standard InChI is InChI=1S/C58H41N5/c1-38-27-30-46(39(2)33-38)44-28-31-55-48(34-44)47-25-15-16-26-54(47)63(55)56-32-29-45(52-36-50(40-17-7-3-8-18-40)59-57(61-52)42-21-11-5-12-22-42)35-49(56)53-37-51(41-19-9-4-10-20-41)60-58(62-53)43-23-13-6-14-24-43/h3-37H,1-2H3. The van der Waals surface area contributed by atoms with Crippen LogP contribution in [0.4, 0.5) is 0 Å². The molecule has 0 aliphatic carbocycles. The van der Waals surface area contributed by atoms with Crippen LogP contribution in [0.25, 0.3) is 106 Å². The molecule has 0 atom stereocenters. The Morgan fingerprint density at radius 1 is 0.317 bits per heavy atom. The van der Waals surface area contributed by atoms with Gasteiger partial charge in [0.2, 0.25) is 0 Å². The van der Waals surface area contributed by atoms with Gasteiger partial charge in [-0.3, -0.25) is 0 Å². The zero-order valence-corrected chi connectivity index (χ0v) is 34.9. The van der Waals surface area contributed by atoms with Crippen molar-refractivity contribution in [1.82, 2.24) is 24.5 Å². The van der Waals surface area contributed by atoms with Gasteiger partial charge in [0.1, 0.15) is 0 Å². The van der Waals surface area contributed by atoms with Crippen molar-refractivity contribution in [2.45, 2.75) is 13.8 Å². The Morgan fingerprint density at radius 2 is 0.810 bits per heavy atom. The van der Waals surface area contributed by atoms with Gasteiger partial charge in [-0.25, -0.2) is 19.9 Å². The third kappa shape index (κ3) is 7.15. The van der Waals surface area contributed by atoms with Crippen molar-refractivity contribution in [3.63, 3.8) is 0 Å². The lowest BCUT2D eigenvalue weighted by Crippen LogP contribution is -2.02. The Hall–Kier alpha value is -8.28. The summed E-state index contributed by atoms with van der Waals surface area (Å²) in [6, 6.07) is 74.3. The molecule has 0 aliphatic rings. The van der Waals surface area contributed by atoms with Crippen LogP contribution in [0.15, 0.2) is 212 Å². The number of benzene rings is 8. The molecule has 11 rings (SSSR count). The second-order valence-corrected chi connectivity index (χ2v) is 16.0. The van der Waals surface area contributed by atoms with Gasteiger partial charge in [0.05, 0.1) is 39.5 Å². The topological polar surface area (TPSA) is 56.5 Å². The maximum atomic E-state index is 5.41. The zero-order valence-electron chi connectivity index (χ0n) is 34.9. The SMILES string of the molecule is Cc1ccc(-c2ccc3c(c2)c2ccccc2n3-c2ccc(-c3cc(-c4ccccc4)nc(-c4ccccc4)n3)cc2-c2cc(-c3ccccc3)nc(-c3ccccc3)n2)c(C)c1. The summed E-state index contributed by atoms with van der Waals surface area (Å²) < 4.78 is 2.40. The fourth-order valence-corrected chi connectivity index (χ4v) is 8.76. The van der Waals surface area contributed by atoms with E-state index in [1.807, 2.05) is 60.7 Å². The molecule has 0 spiro atoms. The molecule has 0 saturated heterocycles. The van der Waals surface area contributed by atoms with Crippen LogP contribution >= 0.6 is 0 Å². The molecule has 8 aromatic carbocycles. The van der Waals surface area contributed by atoms with E-state index in [1.54, 1.807) is 0 Å². The van der Waals surface area contributed by atoms with E-state index in [0.717, 1.165) is 72.9 Å². The molecule has 0 fully saturated rings. The Bertz CT molecular complexity index is 3340. The predicted octanol–water partition coefficient (Wildman–Crippen LogP) is 14.6. The average Bonchev–Trinajstić information content (AvgIpc) is 3.68. The first-order valence-corrected chi connectivity index (χ1v) is 21.3. The highest BCUT2D eigenvalue weighted by Gasteiger charge is 2.21. The van der Waals surface area contributed by atoms with Gasteiger partial charge < -0.3 is 4.57 Å². The summed E-state index contributed by atoms with van der Waals surface area (Å²) in [5, 5.41) is 2.37. The fourth-order valence-electron chi connectivity index (χ4n) is 8.76. The quantitative estimate of drug-likeness (QED) is 0.153. The second kappa shape index (κ2) is 16.0. The van der Waals surface area contributed by atoms with Crippen molar-refractivity contribution in [2.24, 2.45) is 0 Å². The number of hydrogen-bond donors (Lipinski definition) is 0. The van der Waals surface area contributed by atoms with Crippen LogP contribution in [0.3, 0.4) is 0 Å². The molecule has 0 saturated carbocycles. The third-order valence-corrected chi connectivity index (χ3v) is 11.8. The number of nitrogens with zero attached hydrogens (tertiary/aromatic N) is 5. The zero-order chi connectivity index (χ0) is 42.3. The van der Waals surface area contributed by atoms with Gasteiger partial charge in [-0.05, 0) is 73.0 Å². The van der Waals surface area contributed by atoms with E-state index in [2.05, 4.69) is 170 Å². The highest BCUT2D eigenvalue weighted by Crippen LogP contribution is 2.41. The molecule has 0 aliphatic heterocycles. The maximum absolute atomic E-state index is 5.41. The average molecular weight is 808 g/mol. The second-order valence-electron chi connectivity index (χ2n) is 16.0. The lowest BCUT2D eigenvalue weighted by Gasteiger charge is -2.17. The minimum absolute atomic E-state index is 0.656. The minimum atomic E-state index is 0.656. The molecular weight excluding hydrogens is 767 g/mol. The van der Waals surface area contributed by atoms with Crippen LogP contribution in [-0.2, 0) is 0 Å². The van der Waals surface area contributed by atoms with Crippen molar-refractivity contribution in [2.75, 3.05) is 0 Å². The molecule has 3 aromatic heterocycles. The summed E-state index contributed by atoms with van der Waals surface area (Å²) in [6.07, 6.45) is 0. The summed E-state index contributed by atoms with van der Waals surface area (Å²) in [7, 11) is 0. The van der Waals surface area contributed by atoms with Crippen molar-refractivity contribution >= 4 is 21.8 Å². The molecule has 3 heterocycles. The molecule has 298 valence electrons. The Balaban J connectivity index is 1.19. The van der Waals surface area contributed by atoms with E-state index in [-0.39, 0.29) is 0 Å². The summed E-state index contributed by atoms with van der Waals surface area (Å²) >= 11 is 0. The molecule has 0 amide bonds. The van der Waals surface area contributed by atoms with Crippen LogP contribution in [0.1, 0.15) is 11.1 Å². The first-order chi connectivity index (χ1) is 31.0. The normalized spacial score (nSPS) is 11.3. The van der Waals surface area contributed by atoms with Gasteiger partial charge in [-0.1, -0.05) is 175 Å². The van der Waals surface area contributed by atoms with Crippen LogP contribution in [0.2, 0.25) is 0 Å². The largest absolute Gasteiger partial charge is 0.309 e. The summed E-state index contributed by atoms with van der Waals surface area (Å²) in [6.45, 7) is 4.34. The molecule has 0 N–H and O–H groups in total. The van der Waals surface area contributed by atoms with E-state index in [4.69, 9.17) is 19.9 Å². The molecule has 0 unspecified atom stereocenters. The van der Waals surface area contributed by atoms with Crippen molar-refractivity contribution < 1.29 is 0 Å². The number of rotatable bonds is 8. The lowest BCUT2D eigenvalue weighted by atomic mass is 9.97. The lowest BCUT2D eigenvalue weighted by molar-refractivity contribution is 1.15. The van der Waals surface area contributed by atoms with Gasteiger partial charge in [-0.2, -0.15) is 0 Å². The van der Waals surface area contributed by atoms with Crippen molar-refractivity contribution in [3.8, 4) is 84.6 Å². The van der Waals surface area contributed by atoms with Crippen LogP contribution in [0, 0.1) is 13.8 Å². The molecular formula is C58H41N5. The molecule has 0 bridgehead atoms. The summed E-state index contributed by atoms with van der Waals surface area (Å²) in [5.41, 5.74) is 17.3. The molecule has 5 nitrogen and oxygen atoms in total. The third-order valence-electron chi connectivity index (χ3n) is 11.8. The van der Waals surface area contributed by atoms with Gasteiger partial charge in [0.25, 0.3) is 0 Å². The van der Waals surface area contributed by atoms with Crippen LogP contribution in [-0.4, -0.2) is 24.5 Å². The highest BCUT2D eigenvalue weighted by molar-refractivity contribution is 6.11. The molecule has 0 radical (unpaired) electrons. The van der Waals surface area contributed by atoms with Gasteiger partial charge >= 0.3 is 0 Å². The Morgan fingerprint density at radius 3 is 1.41 bits per heavy atom. The van der Waals surface area contributed by atoms with Crippen LogP contribution in [0.5, 0.6) is 0 Å². The number of hydrogen-bond acceptors (Lipinski definition) is 4. The Kier molecular flexibility index (Phi) is 9.55. The van der Waals surface area contributed by atoms with Gasteiger partial charge in [0.15, 0.2) is 11.6 Å². The van der Waals surface area contributed by atoms with E-state index >= 15 is 0 Å².